The van der Waals surface area contributed by atoms with Crippen molar-refractivity contribution in [2.24, 2.45) is 0 Å². The van der Waals surface area contributed by atoms with E-state index < -0.39 is 0 Å². The molecule has 0 aliphatic carbocycles. The molecule has 0 atom stereocenters. The lowest BCUT2D eigenvalue weighted by Gasteiger charge is -2.10. The second-order valence-corrected chi connectivity index (χ2v) is 3.39. The van der Waals surface area contributed by atoms with Crippen molar-refractivity contribution in [3.05, 3.63) is 22.7 Å². The van der Waals surface area contributed by atoms with E-state index >= 15 is 0 Å². The molecule has 0 bridgehead atoms. The number of rotatable bonds is 2. The minimum atomic E-state index is -0.150. The maximum absolute atomic E-state index is 10.9. The SMILES string of the molecule is COc1cc(C)c(Cl)cc1NC(C)=O. The largest absolute Gasteiger partial charge is 0.495 e. The van der Waals surface area contributed by atoms with E-state index in [0.717, 1.165) is 5.56 Å². The van der Waals surface area contributed by atoms with Crippen LogP contribution in [0.5, 0.6) is 5.75 Å². The molecule has 0 saturated carbocycles. The van der Waals surface area contributed by atoms with Gasteiger partial charge in [-0.1, -0.05) is 11.6 Å². The summed E-state index contributed by atoms with van der Waals surface area (Å²) in [5.41, 5.74) is 1.51. The van der Waals surface area contributed by atoms with Gasteiger partial charge in [-0.2, -0.15) is 0 Å². The minimum Gasteiger partial charge on any atom is -0.495 e. The fourth-order valence-corrected chi connectivity index (χ4v) is 1.27. The van der Waals surface area contributed by atoms with Crippen LogP contribution in [0.2, 0.25) is 5.02 Å². The van der Waals surface area contributed by atoms with Gasteiger partial charge in [0.15, 0.2) is 0 Å². The molecule has 0 aliphatic rings. The minimum absolute atomic E-state index is 0.150. The summed E-state index contributed by atoms with van der Waals surface area (Å²) in [4.78, 5) is 10.9. The first-order chi connectivity index (χ1) is 6.54. The molecular formula is C10H12ClNO2. The molecule has 1 aromatic carbocycles. The zero-order valence-electron chi connectivity index (χ0n) is 8.35. The van der Waals surface area contributed by atoms with Crippen molar-refractivity contribution in [1.29, 1.82) is 0 Å². The Labute approximate surface area is 88.0 Å². The molecule has 4 heteroatoms. The Morgan fingerprint density at radius 2 is 2.14 bits per heavy atom. The van der Waals surface area contributed by atoms with Crippen molar-refractivity contribution < 1.29 is 9.53 Å². The van der Waals surface area contributed by atoms with Gasteiger partial charge >= 0.3 is 0 Å². The highest BCUT2D eigenvalue weighted by Crippen LogP contribution is 2.30. The van der Waals surface area contributed by atoms with Gasteiger partial charge in [0.2, 0.25) is 5.91 Å². The molecular weight excluding hydrogens is 202 g/mol. The quantitative estimate of drug-likeness (QED) is 0.820. The molecule has 0 radical (unpaired) electrons. The molecule has 0 spiro atoms. The monoisotopic (exact) mass is 213 g/mol. The van der Waals surface area contributed by atoms with Crippen molar-refractivity contribution in [2.45, 2.75) is 13.8 Å². The Morgan fingerprint density at radius 3 is 2.64 bits per heavy atom. The molecule has 3 nitrogen and oxygen atoms in total. The van der Waals surface area contributed by atoms with E-state index in [1.165, 1.54) is 6.92 Å². The number of carbonyl (C=O) groups is 1. The van der Waals surface area contributed by atoms with Crippen LogP contribution in [0, 0.1) is 6.92 Å². The zero-order valence-corrected chi connectivity index (χ0v) is 9.11. The van der Waals surface area contributed by atoms with Crippen LogP contribution in [0.3, 0.4) is 0 Å². The van der Waals surface area contributed by atoms with Gasteiger partial charge in [0.25, 0.3) is 0 Å². The molecule has 1 aromatic rings. The third-order valence-corrected chi connectivity index (χ3v) is 2.20. The highest BCUT2D eigenvalue weighted by molar-refractivity contribution is 6.31. The average Bonchev–Trinajstić information content (AvgIpc) is 2.10. The maximum Gasteiger partial charge on any atom is 0.221 e. The smallest absolute Gasteiger partial charge is 0.221 e. The van der Waals surface area contributed by atoms with E-state index in [2.05, 4.69) is 5.32 Å². The second-order valence-electron chi connectivity index (χ2n) is 2.98. The van der Waals surface area contributed by atoms with E-state index in [0.29, 0.717) is 16.5 Å². The number of nitrogens with one attached hydrogen (secondary N) is 1. The summed E-state index contributed by atoms with van der Waals surface area (Å²) in [5.74, 6) is 0.463. The van der Waals surface area contributed by atoms with Gasteiger partial charge in [0, 0.05) is 11.9 Å². The lowest BCUT2D eigenvalue weighted by Crippen LogP contribution is -2.07. The Kier molecular flexibility index (Phi) is 3.36. The summed E-state index contributed by atoms with van der Waals surface area (Å²) in [6, 6.07) is 3.46. The lowest BCUT2D eigenvalue weighted by atomic mass is 10.2. The fraction of sp³-hybridized carbons (Fsp3) is 0.300. The predicted octanol–water partition coefficient (Wildman–Crippen LogP) is 2.62. The Balaban J connectivity index is 3.13. The summed E-state index contributed by atoms with van der Waals surface area (Å²) < 4.78 is 5.11. The Hall–Kier alpha value is -1.22. The fourth-order valence-electron chi connectivity index (χ4n) is 1.11. The maximum atomic E-state index is 10.9. The molecule has 0 heterocycles. The molecule has 14 heavy (non-hydrogen) atoms. The molecule has 0 aliphatic heterocycles. The summed E-state index contributed by atoms with van der Waals surface area (Å²) in [5, 5.41) is 3.25. The summed E-state index contributed by atoms with van der Waals surface area (Å²) >= 11 is 5.92. The first-order valence-electron chi connectivity index (χ1n) is 4.16. The number of ether oxygens (including phenoxy) is 1. The molecule has 1 N–H and O–H groups in total. The van der Waals surface area contributed by atoms with Crippen LogP contribution in [-0.4, -0.2) is 13.0 Å². The van der Waals surface area contributed by atoms with Gasteiger partial charge in [-0.25, -0.2) is 0 Å². The zero-order chi connectivity index (χ0) is 10.7. The van der Waals surface area contributed by atoms with Gasteiger partial charge in [-0.05, 0) is 24.6 Å². The molecule has 0 aromatic heterocycles. The number of amides is 1. The van der Waals surface area contributed by atoms with Crippen molar-refractivity contribution in [1.82, 2.24) is 0 Å². The normalized spacial score (nSPS) is 9.71. The van der Waals surface area contributed by atoms with E-state index in [9.17, 15) is 4.79 Å². The topological polar surface area (TPSA) is 38.3 Å². The van der Waals surface area contributed by atoms with Crippen LogP contribution in [0.1, 0.15) is 12.5 Å². The highest BCUT2D eigenvalue weighted by atomic mass is 35.5. The standard InChI is InChI=1S/C10H12ClNO2/c1-6-4-10(14-3)9(5-8(6)11)12-7(2)13/h4-5H,1-3H3,(H,12,13). The van der Waals surface area contributed by atoms with Crippen LogP contribution in [0.4, 0.5) is 5.69 Å². The van der Waals surface area contributed by atoms with Gasteiger partial charge in [0.05, 0.1) is 12.8 Å². The number of anilines is 1. The molecule has 0 saturated heterocycles. The first kappa shape index (κ1) is 10.9. The Morgan fingerprint density at radius 1 is 1.50 bits per heavy atom. The van der Waals surface area contributed by atoms with Crippen LogP contribution in [-0.2, 0) is 4.79 Å². The van der Waals surface area contributed by atoms with E-state index in [-0.39, 0.29) is 5.91 Å². The van der Waals surface area contributed by atoms with E-state index in [1.807, 2.05) is 6.92 Å². The van der Waals surface area contributed by atoms with E-state index in [4.69, 9.17) is 16.3 Å². The van der Waals surface area contributed by atoms with Crippen LogP contribution >= 0.6 is 11.6 Å². The number of hydrogen-bond donors (Lipinski definition) is 1. The highest BCUT2D eigenvalue weighted by Gasteiger charge is 2.07. The molecule has 1 rings (SSSR count). The van der Waals surface area contributed by atoms with Gasteiger partial charge in [0.1, 0.15) is 5.75 Å². The summed E-state index contributed by atoms with van der Waals surface area (Å²) in [7, 11) is 1.55. The van der Waals surface area contributed by atoms with Crippen molar-refractivity contribution in [3.8, 4) is 5.75 Å². The van der Waals surface area contributed by atoms with Crippen molar-refractivity contribution >= 4 is 23.2 Å². The van der Waals surface area contributed by atoms with Crippen molar-refractivity contribution in [3.63, 3.8) is 0 Å². The van der Waals surface area contributed by atoms with Crippen LogP contribution < -0.4 is 10.1 Å². The summed E-state index contributed by atoms with van der Waals surface area (Å²) in [6.45, 7) is 3.32. The number of benzene rings is 1. The molecule has 76 valence electrons. The Bertz CT molecular complexity index is 363. The number of carbonyl (C=O) groups excluding carboxylic acids is 1. The molecule has 1 amide bonds. The predicted molar refractivity (Wildman–Crippen MR) is 57.0 cm³/mol. The van der Waals surface area contributed by atoms with Gasteiger partial charge in [-0.15, -0.1) is 0 Å². The molecule has 0 unspecified atom stereocenters. The summed E-state index contributed by atoms with van der Waals surface area (Å²) in [6.07, 6.45) is 0. The van der Waals surface area contributed by atoms with Crippen LogP contribution in [0.25, 0.3) is 0 Å². The first-order valence-corrected chi connectivity index (χ1v) is 4.54. The number of hydrogen-bond acceptors (Lipinski definition) is 2. The average molecular weight is 214 g/mol. The van der Waals surface area contributed by atoms with Crippen LogP contribution in [0.15, 0.2) is 12.1 Å². The van der Waals surface area contributed by atoms with Gasteiger partial charge < -0.3 is 10.1 Å². The lowest BCUT2D eigenvalue weighted by molar-refractivity contribution is -0.114. The number of halogens is 1. The second kappa shape index (κ2) is 4.33. The molecule has 0 fully saturated rings. The van der Waals surface area contributed by atoms with E-state index in [1.54, 1.807) is 19.2 Å². The van der Waals surface area contributed by atoms with Gasteiger partial charge in [-0.3, -0.25) is 4.79 Å². The number of aryl methyl sites for hydroxylation is 1. The third-order valence-electron chi connectivity index (χ3n) is 1.79. The van der Waals surface area contributed by atoms with Crippen molar-refractivity contribution in [2.75, 3.05) is 12.4 Å². The number of methoxy groups -OCH3 is 1. The third kappa shape index (κ3) is 2.39.